The molecule has 4 heteroatoms. The van der Waals surface area contributed by atoms with Gasteiger partial charge >= 0.3 is 0 Å². The lowest BCUT2D eigenvalue weighted by Crippen LogP contribution is -2.19. The molecule has 1 aliphatic heterocycles. The topological polar surface area (TPSA) is 21.3 Å². The number of rotatable bonds is 6. The molecule has 0 amide bonds. The summed E-state index contributed by atoms with van der Waals surface area (Å²) in [5, 5.41) is 4.21. The van der Waals surface area contributed by atoms with Gasteiger partial charge < -0.3 is 10.1 Å². The van der Waals surface area contributed by atoms with Crippen LogP contribution in [0, 0.1) is 6.92 Å². The van der Waals surface area contributed by atoms with Gasteiger partial charge in [0.1, 0.15) is 0 Å². The van der Waals surface area contributed by atoms with Gasteiger partial charge in [0, 0.05) is 40.5 Å². The van der Waals surface area contributed by atoms with Gasteiger partial charge in [0.25, 0.3) is 0 Å². The highest BCUT2D eigenvalue weighted by Crippen LogP contribution is 2.25. The van der Waals surface area contributed by atoms with Crippen molar-refractivity contribution in [1.29, 1.82) is 0 Å². The maximum Gasteiger partial charge on any atom is 0.0666 e. The molecule has 2 nitrogen and oxygen atoms in total. The van der Waals surface area contributed by atoms with Gasteiger partial charge in [-0.05, 0) is 32.4 Å². The third-order valence-electron chi connectivity index (χ3n) is 3.01. The van der Waals surface area contributed by atoms with Crippen molar-refractivity contribution in [3.63, 3.8) is 0 Å². The van der Waals surface area contributed by atoms with Crippen LogP contribution in [0.25, 0.3) is 0 Å². The molecule has 1 saturated heterocycles. The Balaban J connectivity index is 1.54. The van der Waals surface area contributed by atoms with Gasteiger partial charge in [-0.3, -0.25) is 0 Å². The van der Waals surface area contributed by atoms with Crippen LogP contribution in [0.15, 0.2) is 12.1 Å². The molecule has 0 bridgehead atoms. The fraction of sp³-hybridized carbons (Fsp3) is 0.692. The summed E-state index contributed by atoms with van der Waals surface area (Å²) < 4.78 is 5.55. The van der Waals surface area contributed by atoms with Crippen molar-refractivity contribution < 1.29 is 4.74 Å². The summed E-state index contributed by atoms with van der Waals surface area (Å²) in [6.07, 6.45) is 1.66. The van der Waals surface area contributed by atoms with Gasteiger partial charge in [-0.1, -0.05) is 0 Å². The second-order valence-electron chi connectivity index (χ2n) is 4.46. The van der Waals surface area contributed by atoms with Crippen molar-refractivity contribution in [3.05, 3.63) is 21.9 Å². The normalized spacial score (nSPS) is 24.4. The van der Waals surface area contributed by atoms with E-state index in [-0.39, 0.29) is 0 Å². The Morgan fingerprint density at radius 2 is 2.41 bits per heavy atom. The molecule has 2 rings (SSSR count). The first-order chi connectivity index (χ1) is 8.25. The molecule has 0 aliphatic carbocycles. The van der Waals surface area contributed by atoms with Crippen LogP contribution in [0.2, 0.25) is 0 Å². The van der Waals surface area contributed by atoms with Gasteiger partial charge in [-0.15, -0.1) is 11.3 Å². The van der Waals surface area contributed by atoms with Crippen LogP contribution in [0.3, 0.4) is 0 Å². The maximum atomic E-state index is 5.55. The first kappa shape index (κ1) is 13.4. The minimum absolute atomic E-state index is 0.444. The molecule has 0 saturated carbocycles. The van der Waals surface area contributed by atoms with E-state index in [4.69, 9.17) is 4.74 Å². The minimum atomic E-state index is 0.444. The second kappa shape index (κ2) is 6.78. The minimum Gasteiger partial charge on any atom is -0.377 e. The van der Waals surface area contributed by atoms with Gasteiger partial charge in [-0.25, -0.2) is 0 Å². The third-order valence-corrected chi connectivity index (χ3v) is 5.50. The summed E-state index contributed by atoms with van der Waals surface area (Å²) >= 11 is 3.93. The molecule has 1 fully saturated rings. The van der Waals surface area contributed by atoms with E-state index < -0.39 is 0 Å². The Morgan fingerprint density at radius 1 is 1.53 bits per heavy atom. The number of ether oxygens (including phenoxy) is 1. The number of thiophene rings is 1. The Labute approximate surface area is 112 Å². The lowest BCUT2D eigenvalue weighted by molar-refractivity contribution is 0.127. The molecular formula is C13H21NOS2. The highest BCUT2D eigenvalue weighted by molar-refractivity contribution is 8.00. The fourth-order valence-electron chi connectivity index (χ4n) is 2.01. The Bertz CT molecular complexity index is 340. The van der Waals surface area contributed by atoms with E-state index in [1.165, 1.54) is 21.9 Å². The molecule has 1 aromatic rings. The summed E-state index contributed by atoms with van der Waals surface area (Å²) in [7, 11) is 0. The SMILES string of the molecule is Cc1ccc(CNCCSC2CCOC2C)s1. The zero-order chi connectivity index (χ0) is 12.1. The van der Waals surface area contributed by atoms with E-state index >= 15 is 0 Å². The van der Waals surface area contributed by atoms with Crippen LogP contribution in [-0.2, 0) is 11.3 Å². The monoisotopic (exact) mass is 271 g/mol. The summed E-state index contributed by atoms with van der Waals surface area (Å²) in [5.41, 5.74) is 0. The molecule has 0 radical (unpaired) electrons. The Morgan fingerprint density at radius 3 is 3.06 bits per heavy atom. The second-order valence-corrected chi connectivity index (χ2v) is 7.18. The number of hydrogen-bond donors (Lipinski definition) is 1. The lowest BCUT2D eigenvalue weighted by Gasteiger charge is -2.13. The Kier molecular flexibility index (Phi) is 5.35. The van der Waals surface area contributed by atoms with Crippen molar-refractivity contribution >= 4 is 23.1 Å². The molecule has 1 N–H and O–H groups in total. The quantitative estimate of drug-likeness (QED) is 0.804. The van der Waals surface area contributed by atoms with E-state index in [2.05, 4.69) is 31.3 Å². The van der Waals surface area contributed by atoms with Gasteiger partial charge in [-0.2, -0.15) is 11.8 Å². The van der Waals surface area contributed by atoms with Gasteiger partial charge in [0.2, 0.25) is 0 Å². The zero-order valence-corrected chi connectivity index (χ0v) is 12.2. The molecule has 96 valence electrons. The van der Waals surface area contributed by atoms with E-state index in [9.17, 15) is 0 Å². The average molecular weight is 271 g/mol. The number of aryl methyl sites for hydroxylation is 1. The van der Waals surface area contributed by atoms with Crippen LogP contribution in [0.4, 0.5) is 0 Å². The van der Waals surface area contributed by atoms with Crippen molar-refractivity contribution in [2.75, 3.05) is 18.9 Å². The van der Waals surface area contributed by atoms with E-state index in [1.807, 2.05) is 23.1 Å². The molecule has 1 aromatic heterocycles. The highest BCUT2D eigenvalue weighted by Gasteiger charge is 2.23. The predicted molar refractivity (Wildman–Crippen MR) is 77.0 cm³/mol. The first-order valence-electron chi connectivity index (χ1n) is 6.25. The molecule has 1 aliphatic rings. The third kappa shape index (κ3) is 4.28. The van der Waals surface area contributed by atoms with E-state index in [0.29, 0.717) is 11.4 Å². The molecule has 0 spiro atoms. The molecule has 2 unspecified atom stereocenters. The maximum absolute atomic E-state index is 5.55. The fourth-order valence-corrected chi connectivity index (χ4v) is 4.04. The lowest BCUT2D eigenvalue weighted by atomic mass is 10.3. The van der Waals surface area contributed by atoms with Gasteiger partial charge in [0.05, 0.1) is 6.10 Å². The molecule has 17 heavy (non-hydrogen) atoms. The summed E-state index contributed by atoms with van der Waals surface area (Å²) in [4.78, 5) is 2.83. The van der Waals surface area contributed by atoms with Crippen LogP contribution >= 0.6 is 23.1 Å². The number of hydrogen-bond acceptors (Lipinski definition) is 4. The van der Waals surface area contributed by atoms with Crippen LogP contribution < -0.4 is 5.32 Å². The van der Waals surface area contributed by atoms with Crippen LogP contribution in [-0.4, -0.2) is 30.3 Å². The molecule has 2 atom stereocenters. The van der Waals surface area contributed by atoms with Crippen molar-refractivity contribution in [1.82, 2.24) is 5.32 Å². The summed E-state index contributed by atoms with van der Waals surface area (Å²) in [6.45, 7) is 7.39. The Hall–Kier alpha value is -0.0300. The predicted octanol–water partition coefficient (Wildman–Crippen LogP) is 3.06. The van der Waals surface area contributed by atoms with Crippen LogP contribution in [0.1, 0.15) is 23.1 Å². The van der Waals surface area contributed by atoms with Crippen molar-refractivity contribution in [2.24, 2.45) is 0 Å². The molecular weight excluding hydrogens is 250 g/mol. The number of thioether (sulfide) groups is 1. The van der Waals surface area contributed by atoms with E-state index in [0.717, 1.165) is 19.7 Å². The molecule has 2 heterocycles. The average Bonchev–Trinajstić information content (AvgIpc) is 2.88. The highest BCUT2D eigenvalue weighted by atomic mass is 32.2. The van der Waals surface area contributed by atoms with Gasteiger partial charge in [0.15, 0.2) is 0 Å². The van der Waals surface area contributed by atoms with E-state index in [1.54, 1.807) is 0 Å². The standard InChI is InChI=1S/C13H21NOS2/c1-10-3-4-12(17-10)9-14-6-8-16-13-5-7-15-11(13)2/h3-4,11,13-14H,5-9H2,1-2H3. The summed E-state index contributed by atoms with van der Waals surface area (Å²) in [6, 6.07) is 4.40. The largest absolute Gasteiger partial charge is 0.377 e. The zero-order valence-electron chi connectivity index (χ0n) is 10.6. The summed E-state index contributed by atoms with van der Waals surface area (Å²) in [5.74, 6) is 1.18. The number of nitrogens with one attached hydrogen (secondary N) is 1. The molecule has 0 aromatic carbocycles. The first-order valence-corrected chi connectivity index (χ1v) is 8.11. The van der Waals surface area contributed by atoms with Crippen molar-refractivity contribution in [2.45, 2.75) is 38.2 Å². The van der Waals surface area contributed by atoms with Crippen molar-refractivity contribution in [3.8, 4) is 0 Å². The smallest absolute Gasteiger partial charge is 0.0666 e. The van der Waals surface area contributed by atoms with Crippen LogP contribution in [0.5, 0.6) is 0 Å².